The van der Waals surface area contributed by atoms with Crippen LogP contribution in [0.2, 0.25) is 5.02 Å². The molecule has 228 valence electrons. The Bertz CT molecular complexity index is 1540. The summed E-state index contributed by atoms with van der Waals surface area (Å²) < 4.78 is 17.8. The Balaban J connectivity index is 1.86. The highest BCUT2D eigenvalue weighted by atomic mass is 35.5. The molecule has 11 heteroatoms. The molecule has 0 saturated carbocycles. The van der Waals surface area contributed by atoms with Gasteiger partial charge in [-0.05, 0) is 42.0 Å². The van der Waals surface area contributed by atoms with Crippen molar-refractivity contribution in [2.24, 2.45) is 11.1 Å². The molecule has 0 aromatic heterocycles. The number of ether oxygens (including phenoxy) is 3. The van der Waals surface area contributed by atoms with Crippen LogP contribution in [0.5, 0.6) is 11.5 Å². The van der Waals surface area contributed by atoms with Crippen LogP contribution in [0.1, 0.15) is 63.8 Å². The summed E-state index contributed by atoms with van der Waals surface area (Å²) >= 11 is 6.46. The fourth-order valence-corrected chi connectivity index (χ4v) is 5.32. The van der Waals surface area contributed by atoms with Crippen LogP contribution in [0.25, 0.3) is 0 Å². The van der Waals surface area contributed by atoms with E-state index in [2.05, 4.69) is 0 Å². The fraction of sp³-hybridized carbons (Fsp3) is 0.344. The summed E-state index contributed by atoms with van der Waals surface area (Å²) in [6, 6.07) is 14.5. The van der Waals surface area contributed by atoms with Crippen LogP contribution in [0.3, 0.4) is 0 Å². The minimum absolute atomic E-state index is 0.00392. The second-order valence-electron chi connectivity index (χ2n) is 11.0. The maximum atomic E-state index is 14.3. The number of halogens is 1. The lowest BCUT2D eigenvalue weighted by atomic mass is 9.92. The molecule has 0 radical (unpaired) electrons. The van der Waals surface area contributed by atoms with E-state index in [0.717, 1.165) is 0 Å². The number of methoxy groups -OCH3 is 2. The minimum atomic E-state index is -1.27. The van der Waals surface area contributed by atoms with Crippen molar-refractivity contribution in [1.82, 2.24) is 0 Å². The lowest BCUT2D eigenvalue weighted by Gasteiger charge is -2.32. The van der Waals surface area contributed by atoms with Gasteiger partial charge in [0, 0.05) is 58.9 Å². The Hall–Kier alpha value is -3.96. The van der Waals surface area contributed by atoms with Crippen molar-refractivity contribution >= 4 is 34.9 Å². The number of nitrogens with zero attached hydrogens (tertiary/aromatic N) is 1. The molecule has 3 aromatic carbocycles. The van der Waals surface area contributed by atoms with Crippen molar-refractivity contribution in [2.45, 2.75) is 39.0 Å². The number of aliphatic hydroxyl groups is 1. The van der Waals surface area contributed by atoms with E-state index in [0.29, 0.717) is 38.9 Å². The van der Waals surface area contributed by atoms with Gasteiger partial charge in [-0.1, -0.05) is 43.6 Å². The quantitative estimate of drug-likeness (QED) is 0.264. The van der Waals surface area contributed by atoms with E-state index in [9.17, 15) is 24.6 Å². The number of carboxylic acid groups (broad SMARTS) is 1. The Morgan fingerprint density at radius 2 is 1.81 bits per heavy atom. The first-order valence-corrected chi connectivity index (χ1v) is 14.0. The molecule has 0 bridgehead atoms. The predicted octanol–water partition coefficient (Wildman–Crippen LogP) is 4.63. The van der Waals surface area contributed by atoms with Crippen LogP contribution in [-0.4, -0.2) is 61.3 Å². The molecule has 0 saturated heterocycles. The van der Waals surface area contributed by atoms with Crippen molar-refractivity contribution in [2.75, 3.05) is 32.3 Å². The van der Waals surface area contributed by atoms with Gasteiger partial charge in [0.2, 0.25) is 0 Å². The monoisotopic (exact) mass is 610 g/mol. The number of para-hydroxylation sites is 1. The van der Waals surface area contributed by atoms with Crippen LogP contribution < -0.4 is 20.1 Å². The molecule has 4 rings (SSSR count). The van der Waals surface area contributed by atoms with Gasteiger partial charge in [-0.3, -0.25) is 9.59 Å². The number of hydrogen-bond donors (Lipinski definition) is 3. The van der Waals surface area contributed by atoms with Crippen molar-refractivity contribution in [3.05, 3.63) is 87.4 Å². The molecule has 1 heterocycles. The van der Waals surface area contributed by atoms with Gasteiger partial charge in [0.15, 0.2) is 17.3 Å². The summed E-state index contributed by atoms with van der Waals surface area (Å²) in [5.41, 5.74) is 7.17. The number of fused-ring (bicyclic) bond motifs is 1. The molecule has 0 spiro atoms. The third-order valence-electron chi connectivity index (χ3n) is 7.38. The highest BCUT2D eigenvalue weighted by Gasteiger charge is 2.40. The number of Topliss-reactive ketones (excluding diaryl/α,β-unsaturated/α-hetero) is 1. The van der Waals surface area contributed by atoms with E-state index in [1.54, 1.807) is 36.4 Å². The summed E-state index contributed by atoms with van der Waals surface area (Å²) in [7, 11) is 3.00. The van der Waals surface area contributed by atoms with E-state index in [-0.39, 0.29) is 37.2 Å². The first kappa shape index (κ1) is 32.0. The number of carbonyl (C=O) groups excluding carboxylic acids is 2. The van der Waals surface area contributed by atoms with Gasteiger partial charge in [-0.2, -0.15) is 0 Å². The first-order chi connectivity index (χ1) is 20.4. The Labute approximate surface area is 254 Å². The Kier molecular flexibility index (Phi) is 9.76. The van der Waals surface area contributed by atoms with E-state index in [1.165, 1.54) is 37.3 Å². The highest BCUT2D eigenvalue weighted by molar-refractivity contribution is 6.30. The zero-order valence-corrected chi connectivity index (χ0v) is 25.2. The summed E-state index contributed by atoms with van der Waals surface area (Å²) in [5.74, 6) is -1.24. The molecule has 0 aliphatic carbocycles. The average Bonchev–Trinajstić information content (AvgIpc) is 3.10. The van der Waals surface area contributed by atoms with E-state index < -0.39 is 35.3 Å². The molecule has 43 heavy (non-hydrogen) atoms. The van der Waals surface area contributed by atoms with Crippen molar-refractivity contribution in [1.29, 1.82) is 0 Å². The molecule has 1 aliphatic heterocycles. The fourth-order valence-electron chi connectivity index (χ4n) is 5.14. The van der Waals surface area contributed by atoms with Crippen LogP contribution in [0.4, 0.5) is 5.69 Å². The summed E-state index contributed by atoms with van der Waals surface area (Å²) in [6.07, 6.45) is -2.53. The molecule has 2 atom stereocenters. The molecule has 3 aromatic rings. The lowest BCUT2D eigenvalue weighted by Crippen LogP contribution is -2.45. The lowest BCUT2D eigenvalue weighted by molar-refractivity contribution is -0.132. The number of carbonyl (C=O) groups is 3. The van der Waals surface area contributed by atoms with Gasteiger partial charge in [-0.15, -0.1) is 0 Å². The predicted molar refractivity (Wildman–Crippen MR) is 161 cm³/mol. The molecular formula is C32H35ClN2O8. The zero-order chi connectivity index (χ0) is 31.5. The molecule has 0 unspecified atom stereocenters. The molecule has 1 aliphatic rings. The maximum Gasteiger partial charge on any atom is 0.336 e. The molecule has 1 amide bonds. The van der Waals surface area contributed by atoms with Gasteiger partial charge in [0.25, 0.3) is 5.91 Å². The number of nitrogens with two attached hydrogens (primary N) is 1. The van der Waals surface area contributed by atoms with Gasteiger partial charge in [-0.25, -0.2) is 4.79 Å². The summed E-state index contributed by atoms with van der Waals surface area (Å²) in [6.45, 7) is 3.48. The molecular weight excluding hydrogens is 576 g/mol. The third kappa shape index (κ3) is 6.67. The van der Waals surface area contributed by atoms with Gasteiger partial charge in [0.05, 0.1) is 19.8 Å². The van der Waals surface area contributed by atoms with Gasteiger partial charge >= 0.3 is 5.97 Å². The second kappa shape index (κ2) is 13.1. The molecule has 0 fully saturated rings. The van der Waals surface area contributed by atoms with Crippen molar-refractivity contribution < 1.29 is 38.8 Å². The summed E-state index contributed by atoms with van der Waals surface area (Å²) in [5, 5.41) is 19.9. The Morgan fingerprint density at radius 1 is 1.07 bits per heavy atom. The van der Waals surface area contributed by atoms with Crippen LogP contribution >= 0.6 is 11.6 Å². The van der Waals surface area contributed by atoms with Crippen molar-refractivity contribution in [3.8, 4) is 11.5 Å². The van der Waals surface area contributed by atoms with Crippen LogP contribution in [0, 0.1) is 5.41 Å². The van der Waals surface area contributed by atoms with E-state index in [1.807, 2.05) is 13.8 Å². The van der Waals surface area contributed by atoms with Crippen LogP contribution in [-0.2, 0) is 16.1 Å². The van der Waals surface area contributed by atoms with Gasteiger partial charge < -0.3 is 35.1 Å². The number of amides is 1. The topological polar surface area (TPSA) is 149 Å². The number of rotatable bonds is 11. The highest BCUT2D eigenvalue weighted by Crippen LogP contribution is 2.45. The minimum Gasteiger partial charge on any atom is -0.493 e. The molecule has 10 nitrogen and oxygen atoms in total. The zero-order valence-electron chi connectivity index (χ0n) is 24.4. The standard InChI is InChI=1S/C32H35ClN2O8/c1-32(2,17-36)16-35-24-11-9-20(33)13-23(24)28(22-6-5-7-26(41-3)29(22)42-4)43-27(30(35)38)14-25(37)18-8-10-21(31(39)40)19(12-18)15-34/h5-13,27-28,36H,14-17,34H2,1-4H3,(H,39,40)/t27-,28-/m1/s1. The number of carboxylic acids is 1. The maximum absolute atomic E-state index is 14.3. The first-order valence-electron chi connectivity index (χ1n) is 13.6. The Morgan fingerprint density at radius 3 is 2.44 bits per heavy atom. The summed E-state index contributed by atoms with van der Waals surface area (Å²) in [4.78, 5) is 41.0. The van der Waals surface area contributed by atoms with E-state index >= 15 is 0 Å². The number of aromatic carboxylic acids is 1. The number of aliphatic hydroxyl groups excluding tert-OH is 1. The van der Waals surface area contributed by atoms with E-state index in [4.69, 9.17) is 31.5 Å². The SMILES string of the molecule is COc1cccc([C@H]2O[C@H](CC(=O)c3ccc(C(=O)O)c(CN)c3)C(=O)N(CC(C)(C)CO)c3ccc(Cl)cc32)c1OC. The number of anilines is 1. The smallest absolute Gasteiger partial charge is 0.336 e. The van der Waals surface area contributed by atoms with Gasteiger partial charge in [0.1, 0.15) is 12.2 Å². The number of benzene rings is 3. The average molecular weight is 611 g/mol. The normalized spacial score (nSPS) is 16.8. The number of hydrogen-bond acceptors (Lipinski definition) is 8. The second-order valence-corrected chi connectivity index (χ2v) is 11.5. The third-order valence-corrected chi connectivity index (χ3v) is 7.62. The van der Waals surface area contributed by atoms with Crippen molar-refractivity contribution in [3.63, 3.8) is 0 Å². The number of ketones is 1. The largest absolute Gasteiger partial charge is 0.493 e. The molecule has 4 N–H and O–H groups in total. The van der Waals surface area contributed by atoms with Crippen LogP contribution in [0.15, 0.2) is 54.6 Å².